The number of nitrogens with zero attached hydrogens (tertiary/aromatic N) is 2. The van der Waals surface area contributed by atoms with E-state index in [0.29, 0.717) is 45.2 Å². The summed E-state index contributed by atoms with van der Waals surface area (Å²) in [7, 11) is 0. The van der Waals surface area contributed by atoms with Crippen molar-refractivity contribution in [3.8, 4) is 5.75 Å². The zero-order valence-electron chi connectivity index (χ0n) is 16.3. The Kier molecular flexibility index (Phi) is 6.96. The lowest BCUT2D eigenvalue weighted by Gasteiger charge is -2.36. The molecule has 1 aromatic rings. The first-order valence-electron chi connectivity index (χ1n) is 10.2. The molecule has 1 N–H and O–H groups in total. The summed E-state index contributed by atoms with van der Waals surface area (Å²) in [5.74, 6) is 0.942. The molecule has 3 amide bonds. The summed E-state index contributed by atoms with van der Waals surface area (Å²) >= 11 is 0. The van der Waals surface area contributed by atoms with Gasteiger partial charge in [-0.3, -0.25) is 4.79 Å². The SMILES string of the molecule is CCOc1ccc(CC(=O)N2CCN(C(=O)NC3CCCCC3)CC2)cc1. The van der Waals surface area contributed by atoms with Crippen molar-refractivity contribution in [1.29, 1.82) is 0 Å². The molecule has 3 rings (SSSR count). The van der Waals surface area contributed by atoms with Crippen LogP contribution >= 0.6 is 0 Å². The number of benzene rings is 1. The molecular formula is C21H31N3O3. The van der Waals surface area contributed by atoms with Crippen molar-refractivity contribution < 1.29 is 14.3 Å². The fourth-order valence-corrected chi connectivity index (χ4v) is 3.83. The average molecular weight is 373 g/mol. The van der Waals surface area contributed by atoms with E-state index in [2.05, 4.69) is 5.32 Å². The van der Waals surface area contributed by atoms with Gasteiger partial charge in [0.05, 0.1) is 13.0 Å². The van der Waals surface area contributed by atoms with Gasteiger partial charge < -0.3 is 19.9 Å². The Labute approximate surface area is 161 Å². The van der Waals surface area contributed by atoms with Crippen LogP contribution in [0.2, 0.25) is 0 Å². The summed E-state index contributed by atoms with van der Waals surface area (Å²) in [6.07, 6.45) is 6.26. The van der Waals surface area contributed by atoms with Gasteiger partial charge in [0, 0.05) is 32.2 Å². The van der Waals surface area contributed by atoms with Crippen LogP contribution in [-0.2, 0) is 11.2 Å². The number of urea groups is 1. The zero-order valence-corrected chi connectivity index (χ0v) is 16.3. The lowest BCUT2D eigenvalue weighted by atomic mass is 9.96. The highest BCUT2D eigenvalue weighted by Gasteiger charge is 2.25. The Morgan fingerprint density at radius 1 is 1.00 bits per heavy atom. The van der Waals surface area contributed by atoms with Crippen molar-refractivity contribution in [1.82, 2.24) is 15.1 Å². The van der Waals surface area contributed by atoms with Gasteiger partial charge in [-0.15, -0.1) is 0 Å². The Morgan fingerprint density at radius 2 is 1.63 bits per heavy atom. The van der Waals surface area contributed by atoms with E-state index in [1.165, 1.54) is 19.3 Å². The van der Waals surface area contributed by atoms with E-state index < -0.39 is 0 Å². The molecule has 0 aromatic heterocycles. The lowest BCUT2D eigenvalue weighted by Crippen LogP contribution is -2.54. The number of nitrogens with one attached hydrogen (secondary N) is 1. The van der Waals surface area contributed by atoms with Crippen LogP contribution in [0.15, 0.2) is 24.3 Å². The zero-order chi connectivity index (χ0) is 19.1. The smallest absolute Gasteiger partial charge is 0.317 e. The van der Waals surface area contributed by atoms with Gasteiger partial charge in [-0.05, 0) is 37.5 Å². The molecule has 0 spiro atoms. The molecule has 2 fully saturated rings. The summed E-state index contributed by atoms with van der Waals surface area (Å²) in [6, 6.07) is 8.04. The van der Waals surface area contributed by atoms with Crippen LogP contribution in [0, 0.1) is 0 Å². The first-order chi connectivity index (χ1) is 13.2. The first-order valence-corrected chi connectivity index (χ1v) is 10.2. The van der Waals surface area contributed by atoms with E-state index in [4.69, 9.17) is 4.74 Å². The van der Waals surface area contributed by atoms with Gasteiger partial charge in [0.25, 0.3) is 0 Å². The highest BCUT2D eigenvalue weighted by molar-refractivity contribution is 5.79. The molecule has 0 bridgehead atoms. The fourth-order valence-electron chi connectivity index (χ4n) is 3.83. The standard InChI is InChI=1S/C21H31N3O3/c1-2-27-19-10-8-17(9-11-19)16-20(25)23-12-14-24(15-13-23)21(26)22-18-6-4-3-5-7-18/h8-11,18H,2-7,12-16H2,1H3,(H,22,26). The molecule has 0 radical (unpaired) electrons. The molecule has 1 aliphatic carbocycles. The number of ether oxygens (including phenoxy) is 1. The fraction of sp³-hybridized carbons (Fsp3) is 0.619. The summed E-state index contributed by atoms with van der Waals surface area (Å²) in [5.41, 5.74) is 0.987. The summed E-state index contributed by atoms with van der Waals surface area (Å²) in [6.45, 7) is 5.01. The molecule has 1 aliphatic heterocycles. The normalized spacial score (nSPS) is 18.3. The maximum atomic E-state index is 12.5. The number of carbonyl (C=O) groups is 2. The van der Waals surface area contributed by atoms with Crippen molar-refractivity contribution >= 4 is 11.9 Å². The molecule has 1 heterocycles. The molecular weight excluding hydrogens is 342 g/mol. The minimum absolute atomic E-state index is 0.0283. The number of carbonyl (C=O) groups excluding carboxylic acids is 2. The molecule has 1 saturated heterocycles. The van der Waals surface area contributed by atoms with E-state index in [0.717, 1.165) is 24.2 Å². The van der Waals surface area contributed by atoms with Crippen molar-refractivity contribution in [2.24, 2.45) is 0 Å². The third-order valence-electron chi connectivity index (χ3n) is 5.44. The number of hydrogen-bond donors (Lipinski definition) is 1. The number of piperazine rings is 1. The predicted octanol–water partition coefficient (Wildman–Crippen LogP) is 2.81. The van der Waals surface area contributed by atoms with Crippen LogP contribution in [0.3, 0.4) is 0 Å². The van der Waals surface area contributed by atoms with Crippen molar-refractivity contribution in [3.05, 3.63) is 29.8 Å². The van der Waals surface area contributed by atoms with Crippen LogP contribution in [0.1, 0.15) is 44.6 Å². The molecule has 1 saturated carbocycles. The second kappa shape index (κ2) is 9.62. The average Bonchev–Trinajstić information content (AvgIpc) is 2.70. The van der Waals surface area contributed by atoms with Gasteiger partial charge in [-0.1, -0.05) is 31.4 Å². The van der Waals surface area contributed by atoms with E-state index in [9.17, 15) is 9.59 Å². The third kappa shape index (κ3) is 5.62. The van der Waals surface area contributed by atoms with Gasteiger partial charge in [0.1, 0.15) is 5.75 Å². The minimum atomic E-state index is 0.0283. The van der Waals surface area contributed by atoms with E-state index >= 15 is 0 Å². The molecule has 6 heteroatoms. The molecule has 148 valence electrons. The van der Waals surface area contributed by atoms with Crippen LogP contribution in [0.5, 0.6) is 5.75 Å². The van der Waals surface area contributed by atoms with Crippen LogP contribution in [0.4, 0.5) is 4.79 Å². The summed E-state index contributed by atoms with van der Waals surface area (Å²) in [4.78, 5) is 28.7. The minimum Gasteiger partial charge on any atom is -0.494 e. The maximum Gasteiger partial charge on any atom is 0.317 e. The second-order valence-corrected chi connectivity index (χ2v) is 7.41. The molecule has 27 heavy (non-hydrogen) atoms. The van der Waals surface area contributed by atoms with Gasteiger partial charge in [-0.25, -0.2) is 4.79 Å². The predicted molar refractivity (Wildman–Crippen MR) is 105 cm³/mol. The third-order valence-corrected chi connectivity index (χ3v) is 5.44. The highest BCUT2D eigenvalue weighted by Crippen LogP contribution is 2.18. The van der Waals surface area contributed by atoms with Crippen LogP contribution in [-0.4, -0.2) is 60.6 Å². The summed E-state index contributed by atoms with van der Waals surface area (Å²) < 4.78 is 5.43. The molecule has 0 atom stereocenters. The molecule has 1 aromatic carbocycles. The van der Waals surface area contributed by atoms with Crippen molar-refractivity contribution in [3.63, 3.8) is 0 Å². The maximum absolute atomic E-state index is 12.5. The second-order valence-electron chi connectivity index (χ2n) is 7.41. The topological polar surface area (TPSA) is 61.9 Å². The molecule has 0 unspecified atom stereocenters. The van der Waals surface area contributed by atoms with Gasteiger partial charge in [0.2, 0.25) is 5.91 Å². The number of amides is 3. The van der Waals surface area contributed by atoms with Gasteiger partial charge >= 0.3 is 6.03 Å². The molecule has 2 aliphatic rings. The van der Waals surface area contributed by atoms with Crippen molar-refractivity contribution in [2.45, 2.75) is 51.5 Å². The summed E-state index contributed by atoms with van der Waals surface area (Å²) in [5, 5.41) is 3.16. The Hall–Kier alpha value is -2.24. The van der Waals surface area contributed by atoms with Crippen LogP contribution in [0.25, 0.3) is 0 Å². The van der Waals surface area contributed by atoms with E-state index in [1.54, 1.807) is 0 Å². The highest BCUT2D eigenvalue weighted by atomic mass is 16.5. The lowest BCUT2D eigenvalue weighted by molar-refractivity contribution is -0.131. The monoisotopic (exact) mass is 373 g/mol. The number of rotatable bonds is 5. The van der Waals surface area contributed by atoms with E-state index in [1.807, 2.05) is 41.0 Å². The Balaban J connectivity index is 1.42. The largest absolute Gasteiger partial charge is 0.494 e. The first kappa shape index (κ1) is 19.5. The van der Waals surface area contributed by atoms with Gasteiger partial charge in [0.15, 0.2) is 0 Å². The number of hydrogen-bond acceptors (Lipinski definition) is 3. The van der Waals surface area contributed by atoms with Crippen LogP contribution < -0.4 is 10.1 Å². The molecule has 6 nitrogen and oxygen atoms in total. The van der Waals surface area contributed by atoms with Crippen molar-refractivity contribution in [2.75, 3.05) is 32.8 Å². The Bertz CT molecular complexity index is 618. The Morgan fingerprint density at radius 3 is 2.26 bits per heavy atom. The quantitative estimate of drug-likeness (QED) is 0.863. The van der Waals surface area contributed by atoms with E-state index in [-0.39, 0.29) is 11.9 Å². The van der Waals surface area contributed by atoms with Gasteiger partial charge in [-0.2, -0.15) is 0 Å².